The van der Waals surface area contributed by atoms with Crippen molar-refractivity contribution in [3.05, 3.63) is 0 Å². The second-order valence-corrected chi connectivity index (χ2v) is 6.78. The summed E-state index contributed by atoms with van der Waals surface area (Å²) in [6, 6.07) is 0. The minimum absolute atomic E-state index is 0.106. The summed E-state index contributed by atoms with van der Waals surface area (Å²) in [5, 5.41) is 9.00. The predicted molar refractivity (Wildman–Crippen MR) is 61.6 cm³/mol. The second-order valence-electron chi connectivity index (χ2n) is 4.85. The predicted octanol–water partition coefficient (Wildman–Crippen LogP) is -0.0205. The Morgan fingerprint density at radius 2 is 1.76 bits per heavy atom. The number of nitrogens with zero attached hydrogens (tertiary/aromatic N) is 2. The van der Waals surface area contributed by atoms with Gasteiger partial charge in [0.15, 0.2) is 0 Å². The molecule has 0 radical (unpaired) electrons. The summed E-state index contributed by atoms with van der Waals surface area (Å²) in [7, 11) is -3.43. The van der Waals surface area contributed by atoms with E-state index in [2.05, 4.69) is 0 Å². The molecule has 0 aromatic heterocycles. The highest BCUT2D eigenvalue weighted by Crippen LogP contribution is 2.28. The van der Waals surface area contributed by atoms with Gasteiger partial charge < -0.3 is 5.11 Å². The largest absolute Gasteiger partial charge is 0.481 e. The summed E-state index contributed by atoms with van der Waals surface area (Å²) in [4.78, 5) is 11.0. The minimum atomic E-state index is -3.43. The van der Waals surface area contributed by atoms with Crippen molar-refractivity contribution in [1.29, 1.82) is 0 Å². The molecule has 2 aliphatic heterocycles. The van der Waals surface area contributed by atoms with Crippen LogP contribution in [0.4, 0.5) is 0 Å². The van der Waals surface area contributed by atoms with Crippen LogP contribution in [-0.4, -0.2) is 54.3 Å². The van der Waals surface area contributed by atoms with Crippen LogP contribution in [0.5, 0.6) is 0 Å². The third kappa shape index (κ3) is 2.31. The van der Waals surface area contributed by atoms with Crippen LogP contribution in [0, 0.1) is 11.8 Å². The molecule has 2 rings (SSSR count). The van der Waals surface area contributed by atoms with E-state index in [0.717, 1.165) is 12.8 Å². The molecule has 2 aliphatic rings. The highest BCUT2D eigenvalue weighted by atomic mass is 32.2. The van der Waals surface area contributed by atoms with Gasteiger partial charge in [0, 0.05) is 26.2 Å². The molecule has 1 N–H and O–H groups in total. The average molecular weight is 262 g/mol. The Kier molecular flexibility index (Phi) is 3.42. The zero-order chi connectivity index (χ0) is 12.6. The van der Waals surface area contributed by atoms with Gasteiger partial charge in [-0.25, -0.2) is 0 Å². The number of carbonyl (C=O) groups is 1. The first-order chi connectivity index (χ1) is 7.93. The Morgan fingerprint density at radius 1 is 1.18 bits per heavy atom. The van der Waals surface area contributed by atoms with E-state index < -0.39 is 22.1 Å². The van der Waals surface area contributed by atoms with E-state index in [1.54, 1.807) is 6.92 Å². The zero-order valence-electron chi connectivity index (χ0n) is 9.87. The van der Waals surface area contributed by atoms with Crippen molar-refractivity contribution in [1.82, 2.24) is 8.61 Å². The van der Waals surface area contributed by atoms with Crippen molar-refractivity contribution < 1.29 is 18.3 Å². The maximum Gasteiger partial charge on any atom is 0.308 e. The first kappa shape index (κ1) is 12.8. The number of carboxylic acid groups (broad SMARTS) is 1. The van der Waals surface area contributed by atoms with Crippen molar-refractivity contribution in [2.45, 2.75) is 19.8 Å². The quantitative estimate of drug-likeness (QED) is 0.775. The Hall–Kier alpha value is -0.660. The van der Waals surface area contributed by atoms with E-state index in [-0.39, 0.29) is 12.5 Å². The summed E-state index contributed by atoms with van der Waals surface area (Å²) < 4.78 is 27.2. The standard InChI is InChI=1S/C10H18N2O4S/c1-8-6-12(7-9(8)10(13)14)17(15,16)11-4-2-3-5-11/h8-9H,2-7H2,1H3,(H,13,14)/t8-,9-/m1/s1. The van der Waals surface area contributed by atoms with Crippen LogP contribution < -0.4 is 0 Å². The monoisotopic (exact) mass is 262 g/mol. The van der Waals surface area contributed by atoms with Gasteiger partial charge in [0.25, 0.3) is 10.2 Å². The first-order valence-electron chi connectivity index (χ1n) is 5.91. The summed E-state index contributed by atoms with van der Waals surface area (Å²) in [6.45, 7) is 3.33. The average Bonchev–Trinajstić information content (AvgIpc) is 2.84. The van der Waals surface area contributed by atoms with Crippen molar-refractivity contribution in [2.24, 2.45) is 11.8 Å². The van der Waals surface area contributed by atoms with Crippen LogP contribution in [0.1, 0.15) is 19.8 Å². The fourth-order valence-corrected chi connectivity index (χ4v) is 4.33. The van der Waals surface area contributed by atoms with Gasteiger partial charge in [-0.05, 0) is 18.8 Å². The van der Waals surface area contributed by atoms with E-state index in [4.69, 9.17) is 5.11 Å². The minimum Gasteiger partial charge on any atom is -0.481 e. The maximum atomic E-state index is 12.2. The lowest BCUT2D eigenvalue weighted by Gasteiger charge is -2.23. The summed E-state index contributed by atoms with van der Waals surface area (Å²) in [5.74, 6) is -1.60. The molecular weight excluding hydrogens is 244 g/mol. The summed E-state index contributed by atoms with van der Waals surface area (Å²) in [5.41, 5.74) is 0. The number of aliphatic carboxylic acids is 1. The fraction of sp³-hybridized carbons (Fsp3) is 0.900. The van der Waals surface area contributed by atoms with Crippen LogP contribution >= 0.6 is 0 Å². The van der Waals surface area contributed by atoms with Gasteiger partial charge in [-0.3, -0.25) is 4.79 Å². The van der Waals surface area contributed by atoms with Gasteiger partial charge in [-0.1, -0.05) is 6.92 Å². The van der Waals surface area contributed by atoms with Gasteiger partial charge in [-0.2, -0.15) is 17.0 Å². The van der Waals surface area contributed by atoms with Gasteiger partial charge in [0.05, 0.1) is 5.92 Å². The molecule has 17 heavy (non-hydrogen) atoms. The molecule has 2 saturated heterocycles. The van der Waals surface area contributed by atoms with Crippen LogP contribution in [0.25, 0.3) is 0 Å². The molecule has 0 aromatic rings. The lowest BCUT2D eigenvalue weighted by atomic mass is 9.99. The number of hydrogen-bond donors (Lipinski definition) is 1. The SMILES string of the molecule is C[C@@H]1CN(S(=O)(=O)N2CCCC2)C[C@H]1C(=O)O. The van der Waals surface area contributed by atoms with Crippen molar-refractivity contribution in [3.8, 4) is 0 Å². The highest BCUT2D eigenvalue weighted by molar-refractivity contribution is 7.86. The van der Waals surface area contributed by atoms with E-state index in [0.29, 0.717) is 19.6 Å². The zero-order valence-corrected chi connectivity index (χ0v) is 10.7. The Balaban J connectivity index is 2.11. The van der Waals surface area contributed by atoms with E-state index in [1.165, 1.54) is 8.61 Å². The Bertz CT molecular complexity index is 403. The Labute approximate surface area is 101 Å². The van der Waals surface area contributed by atoms with Crippen LogP contribution in [-0.2, 0) is 15.0 Å². The summed E-state index contributed by atoms with van der Waals surface area (Å²) >= 11 is 0. The van der Waals surface area contributed by atoms with Crippen LogP contribution in [0.15, 0.2) is 0 Å². The third-order valence-corrected chi connectivity index (χ3v) is 5.58. The lowest BCUT2D eigenvalue weighted by Crippen LogP contribution is -2.41. The van der Waals surface area contributed by atoms with Crippen LogP contribution in [0.2, 0.25) is 0 Å². The molecule has 2 heterocycles. The number of hydrogen-bond acceptors (Lipinski definition) is 3. The third-order valence-electron chi connectivity index (χ3n) is 3.61. The molecule has 0 unspecified atom stereocenters. The van der Waals surface area contributed by atoms with Gasteiger partial charge in [0.1, 0.15) is 0 Å². The molecular formula is C10H18N2O4S. The molecule has 7 heteroatoms. The summed E-state index contributed by atoms with van der Waals surface area (Å²) in [6.07, 6.45) is 1.79. The van der Waals surface area contributed by atoms with Crippen LogP contribution in [0.3, 0.4) is 0 Å². The molecule has 2 atom stereocenters. The molecule has 6 nitrogen and oxygen atoms in total. The number of carboxylic acids is 1. The van der Waals surface area contributed by atoms with E-state index in [1.807, 2.05) is 0 Å². The van der Waals surface area contributed by atoms with Gasteiger partial charge >= 0.3 is 5.97 Å². The highest BCUT2D eigenvalue weighted by Gasteiger charge is 2.42. The van der Waals surface area contributed by atoms with Gasteiger partial charge in [0.2, 0.25) is 0 Å². The number of rotatable bonds is 3. The van der Waals surface area contributed by atoms with Crippen molar-refractivity contribution in [3.63, 3.8) is 0 Å². The molecule has 0 amide bonds. The molecule has 0 saturated carbocycles. The second kappa shape index (κ2) is 4.55. The normalized spacial score (nSPS) is 32.1. The van der Waals surface area contributed by atoms with E-state index in [9.17, 15) is 13.2 Å². The topological polar surface area (TPSA) is 77.9 Å². The molecule has 0 aliphatic carbocycles. The smallest absolute Gasteiger partial charge is 0.308 e. The molecule has 0 aromatic carbocycles. The van der Waals surface area contributed by atoms with Gasteiger partial charge in [-0.15, -0.1) is 0 Å². The molecule has 0 spiro atoms. The molecule has 98 valence electrons. The van der Waals surface area contributed by atoms with E-state index >= 15 is 0 Å². The van der Waals surface area contributed by atoms with Crippen molar-refractivity contribution in [2.75, 3.05) is 26.2 Å². The molecule has 0 bridgehead atoms. The lowest BCUT2D eigenvalue weighted by molar-refractivity contribution is -0.142. The first-order valence-corrected chi connectivity index (χ1v) is 7.30. The van der Waals surface area contributed by atoms with Crippen molar-refractivity contribution >= 4 is 16.2 Å². The Morgan fingerprint density at radius 3 is 2.24 bits per heavy atom. The molecule has 2 fully saturated rings. The fourth-order valence-electron chi connectivity index (χ4n) is 2.51. The maximum absolute atomic E-state index is 12.2.